The van der Waals surface area contributed by atoms with Crippen LogP contribution in [0.25, 0.3) is 17.1 Å². The van der Waals surface area contributed by atoms with Gasteiger partial charge >= 0.3 is 0 Å². The molecule has 1 aromatic carbocycles. The molecule has 4 nitrogen and oxygen atoms in total. The summed E-state index contributed by atoms with van der Waals surface area (Å²) >= 11 is 0. The maximum absolute atomic E-state index is 12.3. The van der Waals surface area contributed by atoms with Gasteiger partial charge in [-0.25, -0.2) is 4.98 Å². The number of rotatable bonds is 4. The minimum Gasteiger partial charge on any atom is -0.352 e. The Labute approximate surface area is 154 Å². The van der Waals surface area contributed by atoms with Crippen LogP contribution in [0.1, 0.15) is 44.2 Å². The Morgan fingerprint density at radius 1 is 1.08 bits per heavy atom. The molecule has 134 valence electrons. The van der Waals surface area contributed by atoms with Gasteiger partial charge in [-0.2, -0.15) is 0 Å². The van der Waals surface area contributed by atoms with Crippen molar-refractivity contribution in [3.05, 3.63) is 42.2 Å². The van der Waals surface area contributed by atoms with Crippen molar-refractivity contribution in [1.82, 2.24) is 15.3 Å². The Bertz CT molecular complexity index is 837. The van der Waals surface area contributed by atoms with E-state index in [1.807, 2.05) is 24.3 Å². The molecule has 1 N–H and O–H groups in total. The zero-order chi connectivity index (χ0) is 17.6. The molecule has 0 spiro atoms. The maximum Gasteiger partial charge on any atom is 0.244 e. The molecule has 1 aromatic heterocycles. The van der Waals surface area contributed by atoms with Crippen LogP contribution in [0.3, 0.4) is 0 Å². The molecule has 6 rings (SSSR count). The van der Waals surface area contributed by atoms with Gasteiger partial charge < -0.3 is 5.32 Å². The highest BCUT2D eigenvalue weighted by molar-refractivity contribution is 5.91. The van der Waals surface area contributed by atoms with E-state index < -0.39 is 0 Å². The number of amides is 1. The summed E-state index contributed by atoms with van der Waals surface area (Å²) < 4.78 is 0. The molecule has 26 heavy (non-hydrogen) atoms. The van der Waals surface area contributed by atoms with Crippen LogP contribution in [-0.4, -0.2) is 22.4 Å². The molecule has 0 saturated heterocycles. The molecule has 4 fully saturated rings. The topological polar surface area (TPSA) is 54.9 Å². The standard InChI is InChI=1S/C22H25N3O/c26-21(6-5-18-13-23-19-3-1-2-4-20(19)25-18)24-14-22-10-15-7-16(11-22)9-17(8-15)12-22/h1-6,13,15-17H,7-12,14H2,(H,24,26)/b6-5+. The van der Waals surface area contributed by atoms with Gasteiger partial charge in [0.05, 0.1) is 22.9 Å². The van der Waals surface area contributed by atoms with Crippen molar-refractivity contribution in [2.24, 2.45) is 23.2 Å². The second-order valence-corrected chi connectivity index (χ2v) is 8.75. The number of carbonyl (C=O) groups is 1. The van der Waals surface area contributed by atoms with E-state index in [0.717, 1.165) is 35.3 Å². The Kier molecular flexibility index (Phi) is 3.80. The van der Waals surface area contributed by atoms with E-state index in [2.05, 4.69) is 15.3 Å². The van der Waals surface area contributed by atoms with Gasteiger partial charge in [-0.1, -0.05) is 12.1 Å². The summed E-state index contributed by atoms with van der Waals surface area (Å²) in [5.41, 5.74) is 2.81. The van der Waals surface area contributed by atoms with E-state index in [4.69, 9.17) is 0 Å². The Balaban J connectivity index is 1.22. The third-order valence-electron chi connectivity index (χ3n) is 6.68. The molecular formula is C22H25N3O. The van der Waals surface area contributed by atoms with Crippen LogP contribution in [0.4, 0.5) is 0 Å². The first-order chi connectivity index (χ1) is 12.7. The number of fused-ring (bicyclic) bond motifs is 1. The van der Waals surface area contributed by atoms with E-state index in [1.54, 1.807) is 18.3 Å². The second kappa shape index (κ2) is 6.19. The summed E-state index contributed by atoms with van der Waals surface area (Å²) in [6.07, 6.45) is 13.3. The number of para-hydroxylation sites is 2. The second-order valence-electron chi connectivity index (χ2n) is 8.75. The van der Waals surface area contributed by atoms with Crippen LogP contribution in [0, 0.1) is 23.2 Å². The largest absolute Gasteiger partial charge is 0.352 e. The summed E-state index contributed by atoms with van der Waals surface area (Å²) in [5.74, 6) is 2.74. The first kappa shape index (κ1) is 16.0. The SMILES string of the molecule is O=C(/C=C/c1cnc2ccccc2n1)NCC12CC3CC(CC(C3)C1)C2. The van der Waals surface area contributed by atoms with E-state index in [1.165, 1.54) is 38.5 Å². The molecule has 1 amide bonds. The normalized spacial score (nSPS) is 32.4. The predicted octanol–water partition coefficient (Wildman–Crippen LogP) is 3.98. The van der Waals surface area contributed by atoms with Crippen LogP contribution < -0.4 is 5.32 Å². The fraction of sp³-hybridized carbons (Fsp3) is 0.500. The van der Waals surface area contributed by atoms with E-state index >= 15 is 0 Å². The van der Waals surface area contributed by atoms with Crippen molar-refractivity contribution in [3.63, 3.8) is 0 Å². The quantitative estimate of drug-likeness (QED) is 0.851. The summed E-state index contributed by atoms with van der Waals surface area (Å²) in [4.78, 5) is 21.2. The third-order valence-corrected chi connectivity index (χ3v) is 6.68. The van der Waals surface area contributed by atoms with Gasteiger partial charge in [-0.3, -0.25) is 9.78 Å². The molecule has 0 aliphatic heterocycles. The molecule has 4 saturated carbocycles. The average molecular weight is 347 g/mol. The van der Waals surface area contributed by atoms with Crippen LogP contribution >= 0.6 is 0 Å². The minimum absolute atomic E-state index is 0.0179. The highest BCUT2D eigenvalue weighted by Gasteiger charge is 2.50. The fourth-order valence-electron chi connectivity index (χ4n) is 6.05. The number of nitrogens with one attached hydrogen (secondary N) is 1. The van der Waals surface area contributed by atoms with Gasteiger partial charge in [0, 0.05) is 12.6 Å². The molecule has 0 radical (unpaired) electrons. The molecule has 1 heterocycles. The zero-order valence-electron chi connectivity index (χ0n) is 15.0. The Morgan fingerprint density at radius 2 is 1.73 bits per heavy atom. The van der Waals surface area contributed by atoms with Crippen molar-refractivity contribution in [2.75, 3.05) is 6.54 Å². The van der Waals surface area contributed by atoms with Crippen molar-refractivity contribution < 1.29 is 4.79 Å². The van der Waals surface area contributed by atoms with Gasteiger partial charge in [-0.15, -0.1) is 0 Å². The van der Waals surface area contributed by atoms with Gasteiger partial charge in [-0.05, 0) is 79.9 Å². The Hall–Kier alpha value is -2.23. The smallest absolute Gasteiger partial charge is 0.244 e. The summed E-state index contributed by atoms with van der Waals surface area (Å²) in [5, 5.41) is 3.17. The summed E-state index contributed by atoms with van der Waals surface area (Å²) in [6, 6.07) is 7.77. The molecule has 4 bridgehead atoms. The van der Waals surface area contributed by atoms with Gasteiger partial charge in [0.15, 0.2) is 0 Å². The molecule has 0 unspecified atom stereocenters. The lowest BCUT2D eigenvalue weighted by Gasteiger charge is -2.56. The lowest BCUT2D eigenvalue weighted by Crippen LogP contribution is -2.51. The number of nitrogens with zero attached hydrogens (tertiary/aromatic N) is 2. The lowest BCUT2D eigenvalue weighted by atomic mass is 9.49. The zero-order valence-corrected chi connectivity index (χ0v) is 15.0. The van der Waals surface area contributed by atoms with Crippen LogP contribution in [0.15, 0.2) is 36.5 Å². The van der Waals surface area contributed by atoms with Crippen LogP contribution in [0.5, 0.6) is 0 Å². The lowest BCUT2D eigenvalue weighted by molar-refractivity contribution is -0.118. The molecule has 0 atom stereocenters. The monoisotopic (exact) mass is 347 g/mol. The third kappa shape index (κ3) is 3.02. The summed E-state index contributed by atoms with van der Waals surface area (Å²) in [6.45, 7) is 0.836. The van der Waals surface area contributed by atoms with Crippen molar-refractivity contribution >= 4 is 23.0 Å². The maximum atomic E-state index is 12.3. The predicted molar refractivity (Wildman–Crippen MR) is 102 cm³/mol. The van der Waals surface area contributed by atoms with E-state index in [9.17, 15) is 4.79 Å². The van der Waals surface area contributed by atoms with Gasteiger partial charge in [0.2, 0.25) is 5.91 Å². The van der Waals surface area contributed by atoms with Crippen molar-refractivity contribution in [2.45, 2.75) is 38.5 Å². The molecule has 4 heteroatoms. The first-order valence-electron chi connectivity index (χ1n) is 9.85. The molecule has 4 aliphatic carbocycles. The van der Waals surface area contributed by atoms with Crippen molar-refractivity contribution in [3.8, 4) is 0 Å². The molecule has 2 aromatic rings. The van der Waals surface area contributed by atoms with Crippen LogP contribution in [0.2, 0.25) is 0 Å². The molecular weight excluding hydrogens is 322 g/mol. The van der Waals surface area contributed by atoms with E-state index in [-0.39, 0.29) is 5.91 Å². The number of aromatic nitrogens is 2. The first-order valence-corrected chi connectivity index (χ1v) is 9.85. The van der Waals surface area contributed by atoms with Crippen molar-refractivity contribution in [1.29, 1.82) is 0 Å². The van der Waals surface area contributed by atoms with Crippen LogP contribution in [-0.2, 0) is 4.79 Å². The fourth-order valence-corrected chi connectivity index (χ4v) is 6.05. The van der Waals surface area contributed by atoms with E-state index in [0.29, 0.717) is 11.1 Å². The number of hydrogen-bond acceptors (Lipinski definition) is 3. The minimum atomic E-state index is -0.0179. The molecule has 4 aliphatic rings. The highest BCUT2D eigenvalue weighted by atomic mass is 16.1. The Morgan fingerprint density at radius 3 is 2.42 bits per heavy atom. The van der Waals surface area contributed by atoms with Gasteiger partial charge in [0.25, 0.3) is 0 Å². The number of hydrogen-bond donors (Lipinski definition) is 1. The average Bonchev–Trinajstić information content (AvgIpc) is 2.63. The highest BCUT2D eigenvalue weighted by Crippen LogP contribution is 2.59. The number of carbonyl (C=O) groups excluding carboxylic acids is 1. The summed E-state index contributed by atoms with van der Waals surface area (Å²) in [7, 11) is 0. The number of benzene rings is 1. The van der Waals surface area contributed by atoms with Gasteiger partial charge in [0.1, 0.15) is 0 Å².